The number of anilines is 1. The second-order valence-electron chi connectivity index (χ2n) is 7.10. The normalized spacial score (nSPS) is 33.4. The molecule has 4 atom stereocenters. The number of esters is 1. The van der Waals surface area contributed by atoms with E-state index in [0.29, 0.717) is 6.54 Å². The summed E-state index contributed by atoms with van der Waals surface area (Å²) < 4.78 is 11.5. The first kappa shape index (κ1) is 15.4. The van der Waals surface area contributed by atoms with Crippen LogP contribution in [0.2, 0.25) is 0 Å². The average Bonchev–Trinajstić information content (AvgIpc) is 3.15. The number of rotatable bonds is 3. The molecule has 24 heavy (non-hydrogen) atoms. The smallest absolute Gasteiger partial charge is 0.313 e. The third-order valence-electron chi connectivity index (χ3n) is 5.13. The van der Waals surface area contributed by atoms with Gasteiger partial charge >= 0.3 is 5.97 Å². The summed E-state index contributed by atoms with van der Waals surface area (Å²) in [5.74, 6) is -1.45. The molecule has 0 saturated carbocycles. The van der Waals surface area contributed by atoms with Crippen molar-refractivity contribution in [1.82, 2.24) is 0 Å². The fourth-order valence-corrected chi connectivity index (χ4v) is 4.15. The van der Waals surface area contributed by atoms with E-state index < -0.39 is 17.4 Å². The van der Waals surface area contributed by atoms with E-state index in [0.717, 1.165) is 11.3 Å². The molecule has 0 aromatic heterocycles. The topological polar surface area (TPSA) is 55.8 Å². The first-order chi connectivity index (χ1) is 11.4. The van der Waals surface area contributed by atoms with Crippen LogP contribution in [-0.4, -0.2) is 36.2 Å². The molecule has 1 spiro atoms. The summed E-state index contributed by atoms with van der Waals surface area (Å²) in [5, 5.41) is 0. The lowest BCUT2D eigenvalue weighted by Crippen LogP contribution is -2.40. The molecule has 2 fully saturated rings. The number of nitrogens with zero attached hydrogens (tertiary/aromatic N) is 1. The van der Waals surface area contributed by atoms with E-state index in [-0.39, 0.29) is 24.1 Å². The molecule has 1 amide bonds. The number of para-hydroxylation sites is 1. The molecule has 3 aliphatic rings. The fourth-order valence-electron chi connectivity index (χ4n) is 4.15. The monoisotopic (exact) mass is 327 g/mol. The first-order valence-electron chi connectivity index (χ1n) is 8.37. The van der Waals surface area contributed by atoms with Crippen LogP contribution in [0.1, 0.15) is 19.4 Å². The van der Waals surface area contributed by atoms with Crippen molar-refractivity contribution in [2.45, 2.75) is 38.6 Å². The van der Waals surface area contributed by atoms with Gasteiger partial charge in [-0.25, -0.2) is 0 Å². The molecule has 4 rings (SSSR count). The largest absolute Gasteiger partial charge is 0.463 e. The number of ether oxygens (including phenoxy) is 2. The van der Waals surface area contributed by atoms with Crippen LogP contribution in [0.25, 0.3) is 0 Å². The maximum atomic E-state index is 13.1. The molecule has 5 heteroatoms. The Morgan fingerprint density at radius 2 is 2.12 bits per heavy atom. The number of carbonyl (C=O) groups is 2. The summed E-state index contributed by atoms with van der Waals surface area (Å²) >= 11 is 0. The fraction of sp³-hybridized carbons (Fsp3) is 0.474. The number of hydrogen-bond acceptors (Lipinski definition) is 4. The zero-order valence-corrected chi connectivity index (χ0v) is 14.1. The van der Waals surface area contributed by atoms with Crippen LogP contribution in [0.4, 0.5) is 5.69 Å². The predicted molar refractivity (Wildman–Crippen MR) is 88.5 cm³/mol. The van der Waals surface area contributed by atoms with Crippen molar-refractivity contribution in [3.05, 3.63) is 42.0 Å². The molecule has 3 heterocycles. The Bertz CT molecular complexity index is 741. The van der Waals surface area contributed by atoms with Gasteiger partial charge in [-0.3, -0.25) is 9.59 Å². The lowest BCUT2D eigenvalue weighted by molar-refractivity contribution is -0.156. The van der Waals surface area contributed by atoms with Crippen LogP contribution in [-0.2, 0) is 19.1 Å². The van der Waals surface area contributed by atoms with E-state index in [1.807, 2.05) is 57.2 Å². The Hall–Kier alpha value is -2.14. The standard InChI is InChI=1S/C19H21NO4/c1-11(2)23-18(22)15-14-8-9-19(24-14)10-20(17(21)16(15)19)13-7-5-4-6-12(13)3/h4-9,11,14-16H,10H2,1-3H3/t14-,15-,16-,19-/m1/s1. The number of amides is 1. The van der Waals surface area contributed by atoms with Gasteiger partial charge in [-0.05, 0) is 32.4 Å². The molecule has 1 aromatic carbocycles. The molecule has 5 nitrogen and oxygen atoms in total. The molecule has 2 saturated heterocycles. The van der Waals surface area contributed by atoms with Crippen LogP contribution >= 0.6 is 0 Å². The van der Waals surface area contributed by atoms with E-state index >= 15 is 0 Å². The number of hydrogen-bond donors (Lipinski definition) is 0. The van der Waals surface area contributed by atoms with E-state index in [4.69, 9.17) is 9.47 Å². The zero-order valence-electron chi connectivity index (χ0n) is 14.1. The zero-order chi connectivity index (χ0) is 17.1. The third-order valence-corrected chi connectivity index (χ3v) is 5.13. The summed E-state index contributed by atoms with van der Waals surface area (Å²) in [6.45, 7) is 6.05. The average molecular weight is 327 g/mol. The second-order valence-corrected chi connectivity index (χ2v) is 7.10. The highest BCUT2D eigenvalue weighted by Gasteiger charge is 2.67. The van der Waals surface area contributed by atoms with Crippen molar-refractivity contribution in [1.29, 1.82) is 0 Å². The Morgan fingerprint density at radius 3 is 2.83 bits per heavy atom. The lowest BCUT2D eigenvalue weighted by Gasteiger charge is -2.23. The summed E-state index contributed by atoms with van der Waals surface area (Å²) in [6, 6.07) is 7.78. The van der Waals surface area contributed by atoms with E-state index in [1.165, 1.54) is 0 Å². The molecule has 0 aliphatic carbocycles. The van der Waals surface area contributed by atoms with Gasteiger partial charge in [0.1, 0.15) is 11.5 Å². The lowest BCUT2D eigenvalue weighted by atomic mass is 9.77. The van der Waals surface area contributed by atoms with Gasteiger partial charge in [-0.2, -0.15) is 0 Å². The molecular weight excluding hydrogens is 306 g/mol. The van der Waals surface area contributed by atoms with Crippen LogP contribution in [0.3, 0.4) is 0 Å². The summed E-state index contributed by atoms with van der Waals surface area (Å²) in [6.07, 6.45) is 3.29. The van der Waals surface area contributed by atoms with Gasteiger partial charge in [-0.1, -0.05) is 30.4 Å². The molecule has 2 bridgehead atoms. The maximum Gasteiger partial charge on any atom is 0.313 e. The van der Waals surface area contributed by atoms with Gasteiger partial charge in [0.25, 0.3) is 0 Å². The van der Waals surface area contributed by atoms with Crippen molar-refractivity contribution < 1.29 is 19.1 Å². The number of fused-ring (bicyclic) bond motifs is 1. The predicted octanol–water partition coefficient (Wildman–Crippen LogP) is 2.23. The minimum Gasteiger partial charge on any atom is -0.463 e. The van der Waals surface area contributed by atoms with Crippen LogP contribution in [0.5, 0.6) is 0 Å². The van der Waals surface area contributed by atoms with Crippen molar-refractivity contribution in [2.24, 2.45) is 11.8 Å². The van der Waals surface area contributed by atoms with Gasteiger partial charge in [-0.15, -0.1) is 0 Å². The van der Waals surface area contributed by atoms with Crippen molar-refractivity contribution in [3.63, 3.8) is 0 Å². The highest BCUT2D eigenvalue weighted by molar-refractivity contribution is 6.03. The first-order valence-corrected chi connectivity index (χ1v) is 8.37. The van der Waals surface area contributed by atoms with Gasteiger partial charge < -0.3 is 14.4 Å². The Balaban J connectivity index is 1.69. The van der Waals surface area contributed by atoms with Gasteiger partial charge in [0.15, 0.2) is 0 Å². The Labute approximate surface area is 141 Å². The van der Waals surface area contributed by atoms with E-state index in [1.54, 1.807) is 4.90 Å². The van der Waals surface area contributed by atoms with Crippen molar-refractivity contribution in [2.75, 3.05) is 11.4 Å². The van der Waals surface area contributed by atoms with Crippen molar-refractivity contribution in [3.8, 4) is 0 Å². The van der Waals surface area contributed by atoms with E-state index in [9.17, 15) is 9.59 Å². The maximum absolute atomic E-state index is 13.1. The van der Waals surface area contributed by atoms with Crippen LogP contribution in [0.15, 0.2) is 36.4 Å². The number of benzene rings is 1. The molecule has 0 N–H and O–H groups in total. The van der Waals surface area contributed by atoms with Gasteiger partial charge in [0.05, 0.1) is 24.7 Å². The minimum atomic E-state index is -0.704. The van der Waals surface area contributed by atoms with Crippen LogP contribution < -0.4 is 4.90 Å². The highest BCUT2D eigenvalue weighted by atomic mass is 16.6. The molecule has 3 aliphatic heterocycles. The van der Waals surface area contributed by atoms with Gasteiger partial charge in [0, 0.05) is 5.69 Å². The summed E-state index contributed by atoms with van der Waals surface area (Å²) in [5.41, 5.74) is 1.20. The van der Waals surface area contributed by atoms with E-state index in [2.05, 4.69) is 0 Å². The minimum absolute atomic E-state index is 0.0538. The summed E-state index contributed by atoms with van der Waals surface area (Å²) in [7, 11) is 0. The summed E-state index contributed by atoms with van der Waals surface area (Å²) in [4.78, 5) is 27.4. The number of carbonyl (C=O) groups excluding carboxylic acids is 2. The number of aryl methyl sites for hydroxylation is 1. The van der Waals surface area contributed by atoms with Crippen LogP contribution in [0, 0.1) is 18.8 Å². The Morgan fingerprint density at radius 1 is 1.38 bits per heavy atom. The highest BCUT2D eigenvalue weighted by Crippen LogP contribution is 2.53. The molecule has 126 valence electrons. The molecule has 0 radical (unpaired) electrons. The molecular formula is C19H21NO4. The van der Waals surface area contributed by atoms with Crippen molar-refractivity contribution >= 4 is 17.6 Å². The molecule has 0 unspecified atom stereocenters. The quantitative estimate of drug-likeness (QED) is 0.631. The Kier molecular flexibility index (Phi) is 3.32. The SMILES string of the molecule is Cc1ccccc1N1C[C@@]23C=C[C@@H](O2)[C@@H](C(=O)OC(C)C)[C@@H]3C1=O. The third kappa shape index (κ3) is 2.04. The van der Waals surface area contributed by atoms with Gasteiger partial charge in [0.2, 0.25) is 5.91 Å². The second kappa shape index (κ2) is 5.18. The molecule has 1 aromatic rings.